The molecule has 2 fully saturated rings. The van der Waals surface area contributed by atoms with E-state index in [9.17, 15) is 14.4 Å². The van der Waals surface area contributed by atoms with Gasteiger partial charge in [-0.15, -0.1) is 12.4 Å². The minimum atomic E-state index is -0.943. The molecule has 1 heterocycles. The van der Waals surface area contributed by atoms with Crippen LogP contribution in [-0.2, 0) is 9.59 Å². The van der Waals surface area contributed by atoms with E-state index in [1.54, 1.807) is 13.8 Å². The van der Waals surface area contributed by atoms with Crippen LogP contribution in [0.3, 0.4) is 0 Å². The van der Waals surface area contributed by atoms with E-state index in [1.807, 2.05) is 0 Å². The van der Waals surface area contributed by atoms with E-state index >= 15 is 0 Å². The van der Waals surface area contributed by atoms with Crippen LogP contribution in [0.25, 0.3) is 0 Å². The monoisotopic (exact) mass is 304 g/mol. The molecular formula is C12H21ClN4O3. The fourth-order valence-electron chi connectivity index (χ4n) is 2.08. The van der Waals surface area contributed by atoms with Crippen molar-refractivity contribution in [3.63, 3.8) is 0 Å². The Kier molecular flexibility index (Phi) is 4.99. The number of carbonyl (C=O) groups excluding carboxylic acids is 3. The third-order valence-electron chi connectivity index (χ3n) is 3.51. The van der Waals surface area contributed by atoms with E-state index in [0.717, 1.165) is 17.7 Å². The van der Waals surface area contributed by atoms with Gasteiger partial charge in [0.05, 0.1) is 0 Å². The summed E-state index contributed by atoms with van der Waals surface area (Å²) in [4.78, 5) is 36.1. The van der Waals surface area contributed by atoms with Crippen molar-refractivity contribution in [3.05, 3.63) is 0 Å². The molecule has 0 bridgehead atoms. The molecule has 1 aliphatic heterocycles. The van der Waals surface area contributed by atoms with Crippen molar-refractivity contribution in [2.75, 3.05) is 13.1 Å². The van der Waals surface area contributed by atoms with Crippen LogP contribution >= 0.6 is 12.4 Å². The van der Waals surface area contributed by atoms with Gasteiger partial charge in [-0.3, -0.25) is 14.5 Å². The number of nitrogens with two attached hydrogens (primary N) is 1. The van der Waals surface area contributed by atoms with Crippen LogP contribution in [0.5, 0.6) is 0 Å². The van der Waals surface area contributed by atoms with Gasteiger partial charge in [0.15, 0.2) is 0 Å². The van der Waals surface area contributed by atoms with Gasteiger partial charge in [-0.2, -0.15) is 0 Å². The molecule has 0 aromatic heterocycles. The number of carbonyl (C=O) groups is 3. The highest BCUT2D eigenvalue weighted by Gasteiger charge is 2.44. The van der Waals surface area contributed by atoms with E-state index in [4.69, 9.17) is 5.73 Å². The zero-order chi connectivity index (χ0) is 14.2. The molecule has 1 saturated heterocycles. The molecule has 2 rings (SSSR count). The Labute approximate surface area is 124 Å². The zero-order valence-corrected chi connectivity index (χ0v) is 12.5. The van der Waals surface area contributed by atoms with Crippen molar-refractivity contribution < 1.29 is 14.4 Å². The molecule has 0 spiro atoms. The van der Waals surface area contributed by atoms with E-state index in [0.29, 0.717) is 12.5 Å². The highest BCUT2D eigenvalue weighted by atomic mass is 35.5. The molecule has 1 atom stereocenters. The van der Waals surface area contributed by atoms with Gasteiger partial charge in [-0.25, -0.2) is 4.79 Å². The second-order valence-electron chi connectivity index (χ2n) is 5.75. The molecule has 0 aromatic carbocycles. The number of hydrogen-bond donors (Lipinski definition) is 3. The number of nitrogens with one attached hydrogen (secondary N) is 2. The number of urea groups is 1. The number of nitrogens with zero attached hydrogens (tertiary/aromatic N) is 1. The van der Waals surface area contributed by atoms with Crippen molar-refractivity contribution in [2.45, 2.75) is 38.3 Å². The van der Waals surface area contributed by atoms with Crippen LogP contribution in [0.15, 0.2) is 0 Å². The first-order valence-corrected chi connectivity index (χ1v) is 6.47. The van der Waals surface area contributed by atoms with Gasteiger partial charge in [0.2, 0.25) is 5.91 Å². The van der Waals surface area contributed by atoms with Crippen molar-refractivity contribution in [2.24, 2.45) is 11.7 Å². The maximum atomic E-state index is 11.9. The van der Waals surface area contributed by atoms with Gasteiger partial charge < -0.3 is 16.4 Å². The molecular weight excluding hydrogens is 284 g/mol. The maximum absolute atomic E-state index is 11.9. The average molecular weight is 305 g/mol. The third-order valence-corrected chi connectivity index (χ3v) is 3.51. The smallest absolute Gasteiger partial charge is 0.325 e. The van der Waals surface area contributed by atoms with Crippen LogP contribution in [0.4, 0.5) is 4.79 Å². The number of amides is 4. The fourth-order valence-corrected chi connectivity index (χ4v) is 2.08. The van der Waals surface area contributed by atoms with Crippen LogP contribution in [0.2, 0.25) is 0 Å². The largest absolute Gasteiger partial charge is 0.353 e. The summed E-state index contributed by atoms with van der Waals surface area (Å²) in [5.74, 6) is -0.257. The number of hydrogen-bond acceptors (Lipinski definition) is 4. The van der Waals surface area contributed by atoms with E-state index in [1.165, 1.54) is 0 Å². The number of halogens is 1. The predicted molar refractivity (Wildman–Crippen MR) is 75.3 cm³/mol. The van der Waals surface area contributed by atoms with Gasteiger partial charge >= 0.3 is 6.03 Å². The van der Waals surface area contributed by atoms with Crippen molar-refractivity contribution in [3.8, 4) is 0 Å². The summed E-state index contributed by atoms with van der Waals surface area (Å²) in [6.07, 6.45) is 2.22. The normalized spacial score (nSPS) is 22.1. The molecule has 1 aliphatic carbocycles. The quantitative estimate of drug-likeness (QED) is 0.601. The summed E-state index contributed by atoms with van der Waals surface area (Å²) in [5.41, 5.74) is 4.92. The Morgan fingerprint density at radius 3 is 2.55 bits per heavy atom. The zero-order valence-electron chi connectivity index (χ0n) is 11.6. The lowest BCUT2D eigenvalue weighted by Crippen LogP contribution is -2.45. The highest BCUT2D eigenvalue weighted by molar-refractivity contribution is 6.08. The Morgan fingerprint density at radius 1 is 1.50 bits per heavy atom. The van der Waals surface area contributed by atoms with Crippen molar-refractivity contribution in [1.82, 2.24) is 15.5 Å². The summed E-state index contributed by atoms with van der Waals surface area (Å²) in [7, 11) is 0. The minimum Gasteiger partial charge on any atom is -0.353 e. The second-order valence-corrected chi connectivity index (χ2v) is 5.75. The molecule has 2 aliphatic rings. The topological polar surface area (TPSA) is 105 Å². The summed E-state index contributed by atoms with van der Waals surface area (Å²) in [5, 5.41) is 5.19. The van der Waals surface area contributed by atoms with Crippen LogP contribution in [0.1, 0.15) is 26.7 Å². The minimum absolute atomic E-state index is 0. The molecule has 4 N–H and O–H groups in total. The molecule has 0 radical (unpaired) electrons. The fraction of sp³-hybridized carbons (Fsp3) is 0.750. The van der Waals surface area contributed by atoms with E-state index in [2.05, 4.69) is 10.6 Å². The molecule has 0 aromatic rings. The van der Waals surface area contributed by atoms with Crippen LogP contribution in [0, 0.1) is 5.92 Å². The van der Waals surface area contributed by atoms with Crippen molar-refractivity contribution >= 4 is 30.3 Å². The number of rotatable bonds is 5. The Balaban J connectivity index is 0.00000200. The summed E-state index contributed by atoms with van der Waals surface area (Å²) in [6, 6.07) is -0.569. The lowest BCUT2D eigenvalue weighted by Gasteiger charge is -2.16. The number of imide groups is 1. The van der Waals surface area contributed by atoms with E-state index in [-0.39, 0.29) is 36.8 Å². The summed E-state index contributed by atoms with van der Waals surface area (Å²) in [6.45, 7) is 3.34. The molecule has 7 nitrogen and oxygen atoms in total. The molecule has 4 amide bonds. The molecule has 20 heavy (non-hydrogen) atoms. The lowest BCUT2D eigenvalue weighted by molar-refractivity contribution is -0.134. The standard InChI is InChI=1S/C12H20N4O3.ClH/c1-12(2)10(18)16(11(19)15-12)6-9(17)14-5-8(13)7-3-4-7;/h7-8H,3-6,13H2,1-2H3,(H,14,17)(H,15,19);1H. The summed E-state index contributed by atoms with van der Waals surface area (Å²) < 4.78 is 0. The van der Waals surface area contributed by atoms with Crippen molar-refractivity contribution in [1.29, 1.82) is 0 Å². The molecule has 114 valence electrons. The molecule has 8 heteroatoms. The lowest BCUT2D eigenvalue weighted by atomic mass is 10.1. The summed E-state index contributed by atoms with van der Waals surface area (Å²) >= 11 is 0. The van der Waals surface area contributed by atoms with Crippen LogP contribution in [-0.4, -0.2) is 47.4 Å². The van der Waals surface area contributed by atoms with Gasteiger partial charge in [0.25, 0.3) is 5.91 Å². The maximum Gasteiger partial charge on any atom is 0.325 e. The predicted octanol–water partition coefficient (Wildman–Crippen LogP) is -0.408. The Morgan fingerprint density at radius 2 is 2.10 bits per heavy atom. The first-order valence-electron chi connectivity index (χ1n) is 6.47. The van der Waals surface area contributed by atoms with Gasteiger partial charge in [0, 0.05) is 12.6 Å². The Bertz CT molecular complexity index is 423. The highest BCUT2D eigenvalue weighted by Crippen LogP contribution is 2.31. The Hall–Kier alpha value is -1.34. The SMILES string of the molecule is CC1(C)NC(=O)N(CC(=O)NCC(N)C2CC2)C1=O.Cl. The second kappa shape index (κ2) is 5.97. The van der Waals surface area contributed by atoms with Crippen LogP contribution < -0.4 is 16.4 Å². The molecule has 1 saturated carbocycles. The third kappa shape index (κ3) is 3.61. The van der Waals surface area contributed by atoms with E-state index < -0.39 is 11.6 Å². The first-order chi connectivity index (χ1) is 8.81. The van der Waals surface area contributed by atoms with Gasteiger partial charge in [0.1, 0.15) is 12.1 Å². The molecule has 1 unspecified atom stereocenters. The average Bonchev–Trinajstić information content (AvgIpc) is 3.12. The van der Waals surface area contributed by atoms with Gasteiger partial charge in [-0.1, -0.05) is 0 Å². The first kappa shape index (κ1) is 16.7. The van der Waals surface area contributed by atoms with Gasteiger partial charge in [-0.05, 0) is 32.6 Å².